The van der Waals surface area contributed by atoms with Crippen LogP contribution >= 0.6 is 0 Å². The highest BCUT2D eigenvalue weighted by molar-refractivity contribution is 5.91. The van der Waals surface area contributed by atoms with Gasteiger partial charge in [-0.3, -0.25) is 0 Å². The summed E-state index contributed by atoms with van der Waals surface area (Å²) in [5.41, 5.74) is 0. The van der Waals surface area contributed by atoms with Gasteiger partial charge >= 0.3 is 0 Å². The first-order valence-corrected chi connectivity index (χ1v) is 3.55. The second-order valence-corrected chi connectivity index (χ2v) is 2.49. The van der Waals surface area contributed by atoms with E-state index in [1.807, 2.05) is 0 Å². The predicted octanol–water partition coefficient (Wildman–Crippen LogP) is 2.15. The van der Waals surface area contributed by atoms with Crippen LogP contribution in [0.1, 0.15) is 0 Å². The van der Waals surface area contributed by atoms with E-state index >= 15 is 0 Å². The zero-order valence-corrected chi connectivity index (χ0v) is 6.57. The van der Waals surface area contributed by atoms with Crippen molar-refractivity contribution in [3.8, 4) is 11.5 Å². The molecule has 0 atom stereocenters. The Hall–Kier alpha value is -1.64. The first-order chi connectivity index (χ1) is 5.83. The minimum atomic E-state index is 0.208. The van der Waals surface area contributed by atoms with Gasteiger partial charge in [0.1, 0.15) is 24.0 Å². The van der Waals surface area contributed by atoms with E-state index < -0.39 is 0 Å². The number of aromatic hydroxyl groups is 1. The fraction of sp³-hybridized carbons (Fsp3) is 0.111. The Kier molecular flexibility index (Phi) is 1.43. The molecule has 0 aliphatic carbocycles. The third kappa shape index (κ3) is 0.830. The zero-order valence-electron chi connectivity index (χ0n) is 6.57. The number of phenolic OH excluding ortho intramolecular Hbond substituents is 1. The van der Waals surface area contributed by atoms with Gasteiger partial charge in [-0.15, -0.1) is 0 Å². The van der Waals surface area contributed by atoms with Crippen LogP contribution in [-0.4, -0.2) is 12.2 Å². The summed E-state index contributed by atoms with van der Waals surface area (Å²) in [5.74, 6) is 0.913. The SMILES string of the molecule is COc1ccc(O)c2cocc12. The van der Waals surface area contributed by atoms with Gasteiger partial charge in [-0.1, -0.05) is 0 Å². The largest absolute Gasteiger partial charge is 0.507 e. The van der Waals surface area contributed by atoms with Crippen molar-refractivity contribution in [2.75, 3.05) is 7.11 Å². The maximum absolute atomic E-state index is 9.36. The van der Waals surface area contributed by atoms with E-state index in [9.17, 15) is 5.11 Å². The molecular formula is C9H8O3. The van der Waals surface area contributed by atoms with E-state index in [4.69, 9.17) is 9.15 Å². The molecular weight excluding hydrogens is 156 g/mol. The Labute approximate surface area is 69.2 Å². The number of furan rings is 1. The summed E-state index contributed by atoms with van der Waals surface area (Å²) < 4.78 is 10.0. The number of benzene rings is 1. The quantitative estimate of drug-likeness (QED) is 0.702. The van der Waals surface area contributed by atoms with Gasteiger partial charge in [0.15, 0.2) is 0 Å². The number of phenols is 1. The van der Waals surface area contributed by atoms with Crippen molar-refractivity contribution in [2.45, 2.75) is 0 Å². The van der Waals surface area contributed by atoms with Crippen molar-refractivity contribution in [3.05, 3.63) is 24.7 Å². The monoisotopic (exact) mass is 164 g/mol. The van der Waals surface area contributed by atoms with Crippen LogP contribution in [0.5, 0.6) is 11.5 Å². The van der Waals surface area contributed by atoms with Crippen LogP contribution in [0.3, 0.4) is 0 Å². The maximum Gasteiger partial charge on any atom is 0.130 e. The van der Waals surface area contributed by atoms with E-state index in [1.165, 1.54) is 6.26 Å². The molecule has 0 bridgehead atoms. The third-order valence-corrected chi connectivity index (χ3v) is 1.82. The van der Waals surface area contributed by atoms with Gasteiger partial charge in [-0.25, -0.2) is 0 Å². The predicted molar refractivity (Wildman–Crippen MR) is 44.4 cm³/mol. The van der Waals surface area contributed by atoms with Gasteiger partial charge in [0.25, 0.3) is 0 Å². The van der Waals surface area contributed by atoms with Crippen molar-refractivity contribution in [3.63, 3.8) is 0 Å². The van der Waals surface area contributed by atoms with Crippen molar-refractivity contribution < 1.29 is 14.3 Å². The Morgan fingerprint density at radius 3 is 2.75 bits per heavy atom. The van der Waals surface area contributed by atoms with E-state index in [0.717, 1.165) is 5.39 Å². The molecule has 1 N–H and O–H groups in total. The lowest BCUT2D eigenvalue weighted by molar-refractivity contribution is 0.418. The summed E-state index contributed by atoms with van der Waals surface area (Å²) >= 11 is 0. The topological polar surface area (TPSA) is 42.6 Å². The second kappa shape index (κ2) is 2.44. The molecule has 3 heteroatoms. The average Bonchev–Trinajstić information content (AvgIpc) is 2.54. The van der Waals surface area contributed by atoms with Crippen molar-refractivity contribution in [1.82, 2.24) is 0 Å². The van der Waals surface area contributed by atoms with Gasteiger partial charge in [0, 0.05) is 0 Å². The highest BCUT2D eigenvalue weighted by atomic mass is 16.5. The third-order valence-electron chi connectivity index (χ3n) is 1.82. The van der Waals surface area contributed by atoms with Crippen LogP contribution in [0.4, 0.5) is 0 Å². The van der Waals surface area contributed by atoms with Gasteiger partial charge in [0.2, 0.25) is 0 Å². The number of hydrogen-bond donors (Lipinski definition) is 1. The molecule has 1 aromatic heterocycles. The summed E-state index contributed by atoms with van der Waals surface area (Å²) in [6, 6.07) is 3.28. The minimum Gasteiger partial charge on any atom is -0.507 e. The molecule has 0 saturated heterocycles. The van der Waals surface area contributed by atoms with Crippen molar-refractivity contribution in [1.29, 1.82) is 0 Å². The molecule has 62 valence electrons. The second-order valence-electron chi connectivity index (χ2n) is 2.49. The summed E-state index contributed by atoms with van der Waals surface area (Å²) in [5, 5.41) is 10.8. The lowest BCUT2D eigenvalue weighted by atomic mass is 10.2. The number of methoxy groups -OCH3 is 1. The number of fused-ring (bicyclic) bond motifs is 1. The first-order valence-electron chi connectivity index (χ1n) is 3.55. The molecule has 0 radical (unpaired) electrons. The lowest BCUT2D eigenvalue weighted by Gasteiger charge is -2.00. The molecule has 0 saturated carbocycles. The highest BCUT2D eigenvalue weighted by Crippen LogP contribution is 2.32. The van der Waals surface area contributed by atoms with Gasteiger partial charge < -0.3 is 14.3 Å². The van der Waals surface area contributed by atoms with Crippen LogP contribution in [0.15, 0.2) is 29.1 Å². The highest BCUT2D eigenvalue weighted by Gasteiger charge is 2.06. The molecule has 0 amide bonds. The Bertz CT molecular complexity index is 403. The zero-order chi connectivity index (χ0) is 8.55. The maximum atomic E-state index is 9.36. The van der Waals surface area contributed by atoms with Crippen molar-refractivity contribution in [2.24, 2.45) is 0 Å². The van der Waals surface area contributed by atoms with E-state index in [0.29, 0.717) is 11.1 Å². The number of ether oxygens (including phenoxy) is 1. The smallest absolute Gasteiger partial charge is 0.130 e. The fourth-order valence-electron chi connectivity index (χ4n) is 1.20. The summed E-state index contributed by atoms with van der Waals surface area (Å²) in [6.07, 6.45) is 3.04. The van der Waals surface area contributed by atoms with Crippen molar-refractivity contribution >= 4 is 10.8 Å². The van der Waals surface area contributed by atoms with Gasteiger partial charge in [-0.05, 0) is 12.1 Å². The molecule has 0 spiro atoms. The van der Waals surface area contributed by atoms with Crippen LogP contribution in [0.2, 0.25) is 0 Å². The van der Waals surface area contributed by atoms with Gasteiger partial charge in [-0.2, -0.15) is 0 Å². The first kappa shape index (κ1) is 7.03. The molecule has 0 unspecified atom stereocenters. The van der Waals surface area contributed by atoms with E-state index in [1.54, 1.807) is 25.5 Å². The van der Waals surface area contributed by atoms with Crippen LogP contribution in [-0.2, 0) is 0 Å². The molecule has 1 aromatic carbocycles. The minimum absolute atomic E-state index is 0.208. The molecule has 12 heavy (non-hydrogen) atoms. The van der Waals surface area contributed by atoms with Crippen LogP contribution < -0.4 is 4.74 Å². The van der Waals surface area contributed by atoms with Crippen LogP contribution in [0, 0.1) is 0 Å². The molecule has 2 rings (SSSR count). The molecule has 0 aliphatic heterocycles. The fourth-order valence-corrected chi connectivity index (χ4v) is 1.20. The Morgan fingerprint density at radius 2 is 2.00 bits per heavy atom. The average molecular weight is 164 g/mol. The van der Waals surface area contributed by atoms with E-state index in [2.05, 4.69) is 0 Å². The summed E-state index contributed by atoms with van der Waals surface area (Å²) in [6.45, 7) is 0. The Balaban J connectivity index is 2.82. The molecule has 0 fully saturated rings. The lowest BCUT2D eigenvalue weighted by Crippen LogP contribution is -1.81. The standard InChI is InChI=1S/C9H8O3/c1-11-9-3-2-8(10)6-4-12-5-7(6)9/h2-5,10H,1H3. The number of hydrogen-bond acceptors (Lipinski definition) is 3. The molecule has 1 heterocycles. The summed E-state index contributed by atoms with van der Waals surface area (Å²) in [7, 11) is 1.58. The van der Waals surface area contributed by atoms with Crippen LogP contribution in [0.25, 0.3) is 10.8 Å². The normalized spacial score (nSPS) is 10.4. The molecule has 2 aromatic rings. The molecule has 3 nitrogen and oxygen atoms in total. The van der Waals surface area contributed by atoms with E-state index in [-0.39, 0.29) is 5.75 Å². The Morgan fingerprint density at radius 1 is 1.25 bits per heavy atom. The van der Waals surface area contributed by atoms with Gasteiger partial charge in [0.05, 0.1) is 17.9 Å². The number of rotatable bonds is 1. The molecule has 0 aliphatic rings. The summed E-state index contributed by atoms with van der Waals surface area (Å²) in [4.78, 5) is 0.